The fraction of sp³-hybridized carbons (Fsp3) is 0.538. The first-order chi connectivity index (χ1) is 7.43. The van der Waals surface area contributed by atoms with E-state index in [0.717, 1.165) is 12.0 Å². The third-order valence-corrected chi connectivity index (χ3v) is 3.97. The molecule has 2 aliphatic heterocycles. The van der Waals surface area contributed by atoms with Crippen molar-refractivity contribution >= 4 is 0 Å². The lowest BCUT2D eigenvalue weighted by atomic mass is 10.1. The van der Waals surface area contributed by atoms with E-state index in [1.54, 1.807) is 4.90 Å². The van der Waals surface area contributed by atoms with Crippen LogP contribution in [0.25, 0.3) is 0 Å². The molecule has 0 aliphatic carbocycles. The summed E-state index contributed by atoms with van der Waals surface area (Å²) in [6.45, 7) is 5.06. The van der Waals surface area contributed by atoms with Crippen molar-refractivity contribution in [3.8, 4) is 0 Å². The van der Waals surface area contributed by atoms with Crippen LogP contribution < -0.4 is 10.2 Å². The standard InChI is InChI=1S/C13H18N2/c1-2-4-11(5-3-1)10-15-7-6-12-8-14-9-13(12)15/h1-5,12-14H,6-10H2/p+1/t12-,13+/m1/s1. The normalized spacial score (nSPS) is 34.3. The van der Waals surface area contributed by atoms with Gasteiger partial charge in [-0.05, 0) is 0 Å². The first-order valence-corrected chi connectivity index (χ1v) is 6.03. The summed E-state index contributed by atoms with van der Waals surface area (Å²) in [7, 11) is 0. The maximum Gasteiger partial charge on any atom is 0.105 e. The van der Waals surface area contributed by atoms with Gasteiger partial charge < -0.3 is 10.2 Å². The summed E-state index contributed by atoms with van der Waals surface area (Å²) in [4.78, 5) is 1.79. The minimum absolute atomic E-state index is 0.880. The van der Waals surface area contributed by atoms with Crippen molar-refractivity contribution in [3.63, 3.8) is 0 Å². The predicted octanol–water partition coefficient (Wildman–Crippen LogP) is 0.0632. The van der Waals surface area contributed by atoms with E-state index in [2.05, 4.69) is 35.6 Å². The topological polar surface area (TPSA) is 16.5 Å². The Bertz CT molecular complexity index is 323. The van der Waals surface area contributed by atoms with Gasteiger partial charge in [0.15, 0.2) is 0 Å². The molecule has 2 saturated heterocycles. The van der Waals surface area contributed by atoms with Gasteiger partial charge in [0.2, 0.25) is 0 Å². The van der Waals surface area contributed by atoms with Crippen molar-refractivity contribution in [2.45, 2.75) is 19.0 Å². The Kier molecular flexibility index (Phi) is 2.47. The van der Waals surface area contributed by atoms with E-state index in [1.807, 2.05) is 0 Å². The number of hydrogen-bond donors (Lipinski definition) is 2. The molecule has 2 heterocycles. The van der Waals surface area contributed by atoms with Crippen LogP contribution in [-0.2, 0) is 6.54 Å². The Balaban J connectivity index is 1.69. The summed E-state index contributed by atoms with van der Waals surface area (Å²) in [6.07, 6.45) is 1.42. The van der Waals surface area contributed by atoms with Crippen LogP contribution >= 0.6 is 0 Å². The third kappa shape index (κ3) is 1.80. The lowest BCUT2D eigenvalue weighted by Crippen LogP contribution is -3.13. The zero-order chi connectivity index (χ0) is 10.1. The van der Waals surface area contributed by atoms with Crippen molar-refractivity contribution in [2.24, 2.45) is 5.92 Å². The Morgan fingerprint density at radius 1 is 1.20 bits per heavy atom. The molecule has 0 bridgehead atoms. The number of quaternary nitrogens is 1. The average Bonchev–Trinajstić information content (AvgIpc) is 2.85. The summed E-state index contributed by atoms with van der Waals surface area (Å²) in [5.41, 5.74) is 1.49. The van der Waals surface area contributed by atoms with Crippen LogP contribution in [0.1, 0.15) is 12.0 Å². The molecule has 15 heavy (non-hydrogen) atoms. The fourth-order valence-corrected chi connectivity index (χ4v) is 3.15. The highest BCUT2D eigenvalue weighted by Gasteiger charge is 2.40. The van der Waals surface area contributed by atoms with Gasteiger partial charge in [0.25, 0.3) is 0 Å². The van der Waals surface area contributed by atoms with Crippen LogP contribution in [0, 0.1) is 5.92 Å². The van der Waals surface area contributed by atoms with E-state index in [-0.39, 0.29) is 0 Å². The van der Waals surface area contributed by atoms with Gasteiger partial charge in [0, 0.05) is 31.0 Å². The van der Waals surface area contributed by atoms with Gasteiger partial charge in [0.1, 0.15) is 12.6 Å². The lowest BCUT2D eigenvalue weighted by molar-refractivity contribution is -0.925. The average molecular weight is 203 g/mol. The lowest BCUT2D eigenvalue weighted by Gasteiger charge is -2.19. The molecule has 1 unspecified atom stereocenters. The Morgan fingerprint density at radius 2 is 2.07 bits per heavy atom. The second-order valence-electron chi connectivity index (χ2n) is 4.88. The molecule has 2 aliphatic rings. The largest absolute Gasteiger partial charge is 0.327 e. The highest BCUT2D eigenvalue weighted by molar-refractivity contribution is 5.13. The van der Waals surface area contributed by atoms with Crippen molar-refractivity contribution < 1.29 is 4.90 Å². The first-order valence-electron chi connectivity index (χ1n) is 6.03. The zero-order valence-corrected chi connectivity index (χ0v) is 9.08. The van der Waals surface area contributed by atoms with Crippen molar-refractivity contribution in [1.29, 1.82) is 0 Å². The molecular formula is C13H19N2+. The fourth-order valence-electron chi connectivity index (χ4n) is 3.15. The summed E-state index contributed by atoms with van der Waals surface area (Å²) < 4.78 is 0. The molecule has 2 fully saturated rings. The summed E-state index contributed by atoms with van der Waals surface area (Å²) in [5.74, 6) is 0.948. The van der Waals surface area contributed by atoms with E-state index < -0.39 is 0 Å². The summed E-state index contributed by atoms with van der Waals surface area (Å²) in [5, 5.41) is 3.52. The minimum atomic E-state index is 0.880. The Labute approximate surface area is 91.3 Å². The maximum atomic E-state index is 3.52. The molecular weight excluding hydrogens is 184 g/mol. The molecule has 0 radical (unpaired) electrons. The Morgan fingerprint density at radius 3 is 2.93 bits per heavy atom. The molecule has 2 heteroatoms. The van der Waals surface area contributed by atoms with E-state index >= 15 is 0 Å². The molecule has 0 saturated carbocycles. The van der Waals surface area contributed by atoms with E-state index in [1.165, 1.54) is 38.2 Å². The van der Waals surface area contributed by atoms with Gasteiger partial charge >= 0.3 is 0 Å². The number of rotatable bonds is 2. The SMILES string of the molecule is c1ccc(C[NH+]2CC[C@@H]3CNC[C@@H]32)cc1. The molecule has 1 aromatic rings. The molecule has 0 amide bonds. The van der Waals surface area contributed by atoms with Gasteiger partial charge in [-0.3, -0.25) is 0 Å². The van der Waals surface area contributed by atoms with Crippen LogP contribution in [0.2, 0.25) is 0 Å². The van der Waals surface area contributed by atoms with Crippen molar-refractivity contribution in [1.82, 2.24) is 5.32 Å². The molecule has 80 valence electrons. The molecule has 1 aromatic carbocycles. The van der Waals surface area contributed by atoms with Gasteiger partial charge in [-0.1, -0.05) is 30.3 Å². The highest BCUT2D eigenvalue weighted by atomic mass is 15.2. The second-order valence-corrected chi connectivity index (χ2v) is 4.88. The van der Waals surface area contributed by atoms with Crippen molar-refractivity contribution in [3.05, 3.63) is 35.9 Å². The smallest absolute Gasteiger partial charge is 0.105 e. The minimum Gasteiger partial charge on any atom is -0.327 e. The van der Waals surface area contributed by atoms with Crippen LogP contribution in [0.5, 0.6) is 0 Å². The van der Waals surface area contributed by atoms with Crippen LogP contribution in [-0.4, -0.2) is 25.7 Å². The zero-order valence-electron chi connectivity index (χ0n) is 9.08. The molecule has 0 spiro atoms. The van der Waals surface area contributed by atoms with Gasteiger partial charge in [-0.25, -0.2) is 0 Å². The number of benzene rings is 1. The van der Waals surface area contributed by atoms with E-state index in [9.17, 15) is 0 Å². The summed E-state index contributed by atoms with van der Waals surface area (Å²) in [6, 6.07) is 11.8. The van der Waals surface area contributed by atoms with E-state index in [0.29, 0.717) is 0 Å². The van der Waals surface area contributed by atoms with Gasteiger partial charge in [-0.2, -0.15) is 0 Å². The van der Waals surface area contributed by atoms with Crippen LogP contribution in [0.3, 0.4) is 0 Å². The number of hydrogen-bond acceptors (Lipinski definition) is 1. The van der Waals surface area contributed by atoms with Crippen molar-refractivity contribution in [2.75, 3.05) is 19.6 Å². The Hall–Kier alpha value is -0.860. The van der Waals surface area contributed by atoms with E-state index in [4.69, 9.17) is 0 Å². The maximum absolute atomic E-state index is 3.52. The monoisotopic (exact) mass is 203 g/mol. The summed E-state index contributed by atoms with van der Waals surface area (Å²) >= 11 is 0. The quantitative estimate of drug-likeness (QED) is 0.695. The molecule has 2 N–H and O–H groups in total. The highest BCUT2D eigenvalue weighted by Crippen LogP contribution is 2.15. The predicted molar refractivity (Wildman–Crippen MR) is 60.7 cm³/mol. The molecule has 3 atom stereocenters. The van der Waals surface area contributed by atoms with Gasteiger partial charge in [-0.15, -0.1) is 0 Å². The third-order valence-electron chi connectivity index (χ3n) is 3.97. The number of nitrogens with one attached hydrogen (secondary N) is 2. The molecule has 2 nitrogen and oxygen atoms in total. The van der Waals surface area contributed by atoms with Crippen LogP contribution in [0.15, 0.2) is 30.3 Å². The first kappa shape index (κ1) is 9.37. The number of fused-ring (bicyclic) bond motifs is 1. The van der Waals surface area contributed by atoms with Gasteiger partial charge in [0.05, 0.1) is 6.54 Å². The van der Waals surface area contributed by atoms with Crippen LogP contribution in [0.4, 0.5) is 0 Å². The second kappa shape index (κ2) is 3.95. The number of likely N-dealkylation sites (tertiary alicyclic amines) is 1. The molecule has 3 rings (SSSR count). The molecule has 0 aromatic heterocycles.